The van der Waals surface area contributed by atoms with Crippen LogP contribution < -0.4 is 74.5 Å². The summed E-state index contributed by atoms with van der Waals surface area (Å²) in [6.07, 6.45) is 2.19. The van der Waals surface area contributed by atoms with Gasteiger partial charge < -0.3 is 19.7 Å². The van der Waals surface area contributed by atoms with Crippen molar-refractivity contribution in [2.24, 2.45) is 0 Å². The molecule has 0 fully saturated rings. The first-order chi connectivity index (χ1) is 16.4. The van der Waals surface area contributed by atoms with Crippen LogP contribution in [0, 0.1) is 0 Å². The second-order valence-corrected chi connectivity index (χ2v) is 13.1. The van der Waals surface area contributed by atoms with Gasteiger partial charge in [0.2, 0.25) is 10.0 Å². The average Bonchev–Trinajstić information content (AvgIpc) is 2.71. The fraction of sp³-hybridized carbons (Fsp3) is 0.286. The molecule has 0 saturated heterocycles. The van der Waals surface area contributed by atoms with E-state index in [1.165, 1.54) is 32.0 Å². The van der Waals surface area contributed by atoms with Gasteiger partial charge >= 0.3 is 65.1 Å². The Labute approximate surface area is 267 Å². The zero-order valence-electron chi connectivity index (χ0n) is 21.7. The van der Waals surface area contributed by atoms with E-state index in [1.54, 1.807) is 13.8 Å². The van der Waals surface area contributed by atoms with Crippen LogP contribution in [-0.2, 0) is 30.3 Å². The molecule has 12 nitrogen and oxygen atoms in total. The third kappa shape index (κ3) is 10.9. The van der Waals surface area contributed by atoms with Crippen LogP contribution in [0.25, 0.3) is 12.2 Å². The fourth-order valence-corrected chi connectivity index (χ4v) is 4.89. The SMILES string of the molecule is CC(C)NC(=O)Nc1ccc(C=Cc2ccc(NS(=O)(=O)C(C)C)cc2S(=O)(=O)[O-])c(S(=O)(=O)[O-])c1.[Na+].[Na+]. The van der Waals surface area contributed by atoms with Gasteiger partial charge in [0, 0.05) is 17.4 Å². The molecule has 0 aliphatic heterocycles. The van der Waals surface area contributed by atoms with Crippen LogP contribution in [0.5, 0.6) is 0 Å². The fourth-order valence-electron chi connectivity index (χ4n) is 2.81. The number of carbonyl (C=O) groups is 1. The number of urea groups is 1. The number of rotatable bonds is 9. The first-order valence-electron chi connectivity index (χ1n) is 10.4. The Morgan fingerprint density at radius 3 is 1.58 bits per heavy atom. The molecular formula is C21H25N3Na2O9S3. The Bertz CT molecular complexity index is 1510. The molecule has 0 aliphatic carbocycles. The molecule has 2 amide bonds. The predicted octanol–water partition coefficient (Wildman–Crippen LogP) is -3.65. The van der Waals surface area contributed by atoms with Gasteiger partial charge in [0.05, 0.1) is 15.0 Å². The third-order valence-electron chi connectivity index (χ3n) is 4.57. The van der Waals surface area contributed by atoms with E-state index in [0.717, 1.165) is 30.4 Å². The monoisotopic (exact) mass is 605 g/mol. The Hall–Kier alpha value is -0.980. The summed E-state index contributed by atoms with van der Waals surface area (Å²) >= 11 is 0. The second kappa shape index (κ2) is 14.6. The molecule has 0 aromatic heterocycles. The topological polar surface area (TPSA) is 202 Å². The van der Waals surface area contributed by atoms with Gasteiger partial charge in [-0.15, -0.1) is 0 Å². The molecule has 38 heavy (non-hydrogen) atoms. The molecule has 0 unspecified atom stereocenters. The second-order valence-electron chi connectivity index (χ2n) is 8.20. The molecule has 0 heterocycles. The number of nitrogens with one attached hydrogen (secondary N) is 3. The number of amides is 2. The van der Waals surface area contributed by atoms with Crippen molar-refractivity contribution >= 4 is 59.8 Å². The van der Waals surface area contributed by atoms with E-state index in [2.05, 4.69) is 15.4 Å². The molecule has 0 bridgehead atoms. The number of hydrogen-bond acceptors (Lipinski definition) is 9. The number of carbonyl (C=O) groups excluding carboxylic acids is 1. The van der Waals surface area contributed by atoms with E-state index < -0.39 is 51.3 Å². The van der Waals surface area contributed by atoms with E-state index in [1.807, 2.05) is 0 Å². The van der Waals surface area contributed by atoms with Gasteiger partial charge in [0.1, 0.15) is 20.2 Å². The minimum atomic E-state index is -5.08. The van der Waals surface area contributed by atoms with E-state index in [-0.39, 0.29) is 87.7 Å². The van der Waals surface area contributed by atoms with Crippen molar-refractivity contribution in [3.05, 3.63) is 47.5 Å². The summed E-state index contributed by atoms with van der Waals surface area (Å²) in [5.41, 5.74) is -0.457. The molecule has 0 atom stereocenters. The smallest absolute Gasteiger partial charge is 0.744 e. The van der Waals surface area contributed by atoms with Crippen molar-refractivity contribution in [3.8, 4) is 0 Å². The molecule has 0 spiro atoms. The molecule has 0 aliphatic rings. The van der Waals surface area contributed by atoms with Crippen molar-refractivity contribution in [2.45, 2.75) is 48.8 Å². The van der Waals surface area contributed by atoms with Gasteiger partial charge in [-0.25, -0.2) is 30.0 Å². The molecule has 2 aromatic carbocycles. The molecule has 0 radical (unpaired) electrons. The number of sulfonamides is 1. The van der Waals surface area contributed by atoms with Crippen LogP contribution in [-0.4, -0.2) is 51.7 Å². The first kappa shape index (κ1) is 37.0. The Kier molecular flexibility index (Phi) is 14.2. The van der Waals surface area contributed by atoms with Crippen LogP contribution in [0.15, 0.2) is 46.2 Å². The minimum Gasteiger partial charge on any atom is -0.744 e. The van der Waals surface area contributed by atoms with Gasteiger partial charge in [-0.1, -0.05) is 24.3 Å². The summed E-state index contributed by atoms with van der Waals surface area (Å²) in [7, 11) is -13.9. The summed E-state index contributed by atoms with van der Waals surface area (Å²) in [5.74, 6) is 0. The van der Waals surface area contributed by atoms with E-state index in [9.17, 15) is 39.2 Å². The van der Waals surface area contributed by atoms with Crippen molar-refractivity contribution < 1.29 is 98.3 Å². The molecule has 0 saturated carbocycles. The zero-order chi connectivity index (χ0) is 27.5. The summed E-state index contributed by atoms with van der Waals surface area (Å²) in [5, 5.41) is 4.10. The quantitative estimate of drug-likeness (QED) is 0.146. The number of hydrogen-bond donors (Lipinski definition) is 3. The summed E-state index contributed by atoms with van der Waals surface area (Å²) in [4.78, 5) is 10.4. The van der Waals surface area contributed by atoms with Gasteiger partial charge in [0.15, 0.2) is 0 Å². The van der Waals surface area contributed by atoms with E-state index in [4.69, 9.17) is 0 Å². The maximum Gasteiger partial charge on any atom is 1.00 e. The summed E-state index contributed by atoms with van der Waals surface area (Å²) in [6, 6.07) is 5.86. The van der Waals surface area contributed by atoms with Gasteiger partial charge in [-0.05, 0) is 63.1 Å². The third-order valence-corrected chi connectivity index (χ3v) is 8.11. The van der Waals surface area contributed by atoms with Crippen LogP contribution in [0.4, 0.5) is 16.2 Å². The standard InChI is InChI=1S/C21H27N3O9S3.2Na/c1-13(2)22-21(25)23-17-9-7-15(19(11-17)35(28,29)30)5-6-16-8-10-18(12-20(16)36(31,32)33)24-34(26,27)14(3)4;;/h5-14,24H,1-4H3,(H2,22,23,25)(H,28,29,30)(H,31,32,33);;/q;2*+1/p-2. The van der Waals surface area contributed by atoms with Crippen molar-refractivity contribution in [2.75, 3.05) is 10.0 Å². The first-order valence-corrected chi connectivity index (χ1v) is 14.7. The maximum absolute atomic E-state index is 12.1. The van der Waals surface area contributed by atoms with Gasteiger partial charge in [-0.3, -0.25) is 4.72 Å². The van der Waals surface area contributed by atoms with Crippen molar-refractivity contribution in [1.29, 1.82) is 0 Å². The predicted molar refractivity (Wildman–Crippen MR) is 133 cm³/mol. The van der Waals surface area contributed by atoms with Crippen LogP contribution in [0.1, 0.15) is 38.8 Å². The van der Waals surface area contributed by atoms with Gasteiger partial charge in [-0.2, -0.15) is 0 Å². The van der Waals surface area contributed by atoms with Crippen molar-refractivity contribution in [1.82, 2.24) is 5.32 Å². The van der Waals surface area contributed by atoms with Crippen LogP contribution in [0.3, 0.4) is 0 Å². The van der Waals surface area contributed by atoms with Gasteiger partial charge in [0.25, 0.3) is 0 Å². The largest absolute Gasteiger partial charge is 1.00 e. The molecular weight excluding hydrogens is 580 g/mol. The van der Waals surface area contributed by atoms with Crippen molar-refractivity contribution in [3.63, 3.8) is 0 Å². The Morgan fingerprint density at radius 1 is 0.763 bits per heavy atom. The normalized spacial score (nSPS) is 12.1. The number of anilines is 2. The Balaban J connectivity index is 0.00000684. The van der Waals surface area contributed by atoms with Crippen LogP contribution in [0.2, 0.25) is 0 Å². The minimum absolute atomic E-state index is 0. The summed E-state index contributed by atoms with van der Waals surface area (Å²) < 4.78 is 97.2. The Morgan fingerprint density at radius 2 is 1.18 bits per heavy atom. The number of benzene rings is 2. The molecule has 2 rings (SSSR count). The molecule has 198 valence electrons. The molecule has 3 N–H and O–H groups in total. The maximum atomic E-state index is 12.1. The molecule has 17 heteroatoms. The van der Waals surface area contributed by atoms with Crippen LogP contribution >= 0.6 is 0 Å². The zero-order valence-corrected chi connectivity index (χ0v) is 28.1. The summed E-state index contributed by atoms with van der Waals surface area (Å²) in [6.45, 7) is 6.24. The van der Waals surface area contributed by atoms with E-state index >= 15 is 0 Å². The van der Waals surface area contributed by atoms with E-state index in [0.29, 0.717) is 0 Å². The average molecular weight is 606 g/mol. The molecule has 2 aromatic rings.